The maximum absolute atomic E-state index is 11.9. The fourth-order valence-corrected chi connectivity index (χ4v) is 1.99. The van der Waals surface area contributed by atoms with E-state index in [2.05, 4.69) is 10.6 Å². The van der Waals surface area contributed by atoms with Gasteiger partial charge in [0.1, 0.15) is 11.6 Å². The lowest BCUT2D eigenvalue weighted by molar-refractivity contribution is -0.112. The highest BCUT2D eigenvalue weighted by atomic mass is 32.2. The SMILES string of the molecule is CCCCN/C=C(/C#N)C(=O)Nc1ccc(S(=O)(=O)O)cc1. The van der Waals surface area contributed by atoms with E-state index < -0.39 is 16.0 Å². The van der Waals surface area contributed by atoms with Crippen molar-refractivity contribution in [2.75, 3.05) is 11.9 Å². The van der Waals surface area contributed by atoms with Crippen molar-refractivity contribution in [2.45, 2.75) is 24.7 Å². The van der Waals surface area contributed by atoms with E-state index in [0.29, 0.717) is 12.2 Å². The molecule has 7 nitrogen and oxygen atoms in total. The first-order valence-electron chi connectivity index (χ1n) is 6.61. The van der Waals surface area contributed by atoms with Crippen LogP contribution in [0.25, 0.3) is 0 Å². The molecule has 1 aromatic rings. The summed E-state index contributed by atoms with van der Waals surface area (Å²) >= 11 is 0. The Morgan fingerprint density at radius 3 is 2.50 bits per heavy atom. The van der Waals surface area contributed by atoms with Crippen LogP contribution in [0.1, 0.15) is 19.8 Å². The lowest BCUT2D eigenvalue weighted by atomic mass is 10.2. The lowest BCUT2D eigenvalue weighted by Gasteiger charge is -2.05. The Balaban J connectivity index is 2.72. The number of hydrogen-bond acceptors (Lipinski definition) is 5. The van der Waals surface area contributed by atoms with Gasteiger partial charge in [0.25, 0.3) is 16.0 Å². The standard InChI is InChI=1S/C14H17N3O4S/c1-2-3-8-16-10-11(9-15)14(18)17-12-4-6-13(7-5-12)22(19,20)21/h4-7,10,16H,2-3,8H2,1H3,(H,17,18)(H,19,20,21)/b11-10-. The van der Waals surface area contributed by atoms with E-state index in [1.165, 1.54) is 18.3 Å². The molecule has 8 heteroatoms. The second-order valence-electron chi connectivity index (χ2n) is 4.43. The van der Waals surface area contributed by atoms with Gasteiger partial charge in [-0.25, -0.2) is 0 Å². The summed E-state index contributed by atoms with van der Waals surface area (Å²) in [5.74, 6) is -0.605. The number of carbonyl (C=O) groups excluding carboxylic acids is 1. The first-order valence-corrected chi connectivity index (χ1v) is 8.05. The van der Waals surface area contributed by atoms with Crippen molar-refractivity contribution in [3.63, 3.8) is 0 Å². The molecule has 118 valence electrons. The fraction of sp³-hybridized carbons (Fsp3) is 0.286. The number of unbranched alkanes of at least 4 members (excludes halogenated alkanes) is 1. The van der Waals surface area contributed by atoms with Crippen molar-refractivity contribution < 1.29 is 17.8 Å². The Hall–Kier alpha value is -2.37. The Labute approximate surface area is 129 Å². The molecule has 3 N–H and O–H groups in total. The fourth-order valence-electron chi connectivity index (χ4n) is 1.51. The normalized spacial score (nSPS) is 11.6. The van der Waals surface area contributed by atoms with E-state index in [1.807, 2.05) is 6.92 Å². The maximum atomic E-state index is 11.9. The zero-order chi connectivity index (χ0) is 16.6. The molecule has 1 rings (SSSR count). The summed E-state index contributed by atoms with van der Waals surface area (Å²) in [5.41, 5.74) is 0.224. The van der Waals surface area contributed by atoms with Crippen molar-refractivity contribution in [3.8, 4) is 6.07 Å². The van der Waals surface area contributed by atoms with E-state index in [9.17, 15) is 13.2 Å². The maximum Gasteiger partial charge on any atom is 0.294 e. The molecular weight excluding hydrogens is 306 g/mol. The molecule has 0 aromatic heterocycles. The molecule has 0 saturated carbocycles. The van der Waals surface area contributed by atoms with Gasteiger partial charge in [0.05, 0.1) is 4.90 Å². The number of rotatable bonds is 7. The highest BCUT2D eigenvalue weighted by Gasteiger charge is 2.11. The van der Waals surface area contributed by atoms with Crippen LogP contribution in [0, 0.1) is 11.3 Å². The molecule has 0 unspecified atom stereocenters. The molecule has 0 fully saturated rings. The number of benzene rings is 1. The summed E-state index contributed by atoms with van der Waals surface area (Å²) in [6.07, 6.45) is 3.26. The van der Waals surface area contributed by atoms with Gasteiger partial charge in [-0.05, 0) is 30.7 Å². The van der Waals surface area contributed by atoms with Crippen LogP contribution in [0.4, 0.5) is 5.69 Å². The van der Waals surface area contributed by atoms with Gasteiger partial charge in [-0.3, -0.25) is 9.35 Å². The molecule has 0 radical (unpaired) electrons. The summed E-state index contributed by atoms with van der Waals surface area (Å²) < 4.78 is 30.7. The van der Waals surface area contributed by atoms with Crippen LogP contribution in [0.15, 0.2) is 40.9 Å². The Morgan fingerprint density at radius 1 is 1.36 bits per heavy atom. The van der Waals surface area contributed by atoms with Gasteiger partial charge in [-0.15, -0.1) is 0 Å². The summed E-state index contributed by atoms with van der Waals surface area (Å²) in [7, 11) is -4.27. The zero-order valence-corrected chi connectivity index (χ0v) is 12.9. The number of nitrogens with zero attached hydrogens (tertiary/aromatic N) is 1. The number of hydrogen-bond donors (Lipinski definition) is 3. The lowest BCUT2D eigenvalue weighted by Crippen LogP contribution is -2.17. The van der Waals surface area contributed by atoms with E-state index in [-0.39, 0.29) is 10.5 Å². The minimum absolute atomic E-state index is 0.0880. The highest BCUT2D eigenvalue weighted by molar-refractivity contribution is 7.85. The van der Waals surface area contributed by atoms with Crippen LogP contribution >= 0.6 is 0 Å². The number of amides is 1. The van der Waals surface area contributed by atoms with E-state index in [0.717, 1.165) is 25.0 Å². The smallest absolute Gasteiger partial charge is 0.294 e. The van der Waals surface area contributed by atoms with Gasteiger partial charge >= 0.3 is 0 Å². The third-order valence-corrected chi connectivity index (χ3v) is 3.56. The van der Waals surface area contributed by atoms with Crippen molar-refractivity contribution in [2.24, 2.45) is 0 Å². The summed E-state index contributed by atoms with van der Waals surface area (Å²) in [4.78, 5) is 11.6. The second kappa shape index (κ2) is 8.17. The van der Waals surface area contributed by atoms with Crippen molar-refractivity contribution in [3.05, 3.63) is 36.0 Å². The Morgan fingerprint density at radius 2 is 2.00 bits per heavy atom. The highest BCUT2D eigenvalue weighted by Crippen LogP contribution is 2.14. The molecule has 0 heterocycles. The first kappa shape index (κ1) is 17.7. The van der Waals surface area contributed by atoms with Gasteiger partial charge in [0.15, 0.2) is 0 Å². The van der Waals surface area contributed by atoms with Crippen molar-refractivity contribution in [1.29, 1.82) is 5.26 Å². The molecule has 0 bridgehead atoms. The number of carbonyl (C=O) groups is 1. The van der Waals surface area contributed by atoms with Crippen molar-refractivity contribution >= 4 is 21.7 Å². The average Bonchev–Trinajstić information content (AvgIpc) is 2.47. The number of nitrogens with one attached hydrogen (secondary N) is 2. The number of nitriles is 1. The zero-order valence-electron chi connectivity index (χ0n) is 12.0. The summed E-state index contributed by atoms with van der Waals surface area (Å²) in [6.45, 7) is 2.69. The third kappa shape index (κ3) is 5.55. The van der Waals surface area contributed by atoms with Gasteiger partial charge in [0, 0.05) is 18.4 Å². The molecular formula is C14H17N3O4S. The van der Waals surface area contributed by atoms with E-state index in [4.69, 9.17) is 9.81 Å². The minimum Gasteiger partial charge on any atom is -0.390 e. The number of anilines is 1. The van der Waals surface area contributed by atoms with Crippen LogP contribution < -0.4 is 10.6 Å². The summed E-state index contributed by atoms with van der Waals surface area (Å²) in [6, 6.07) is 6.73. The third-order valence-electron chi connectivity index (χ3n) is 2.70. The van der Waals surface area contributed by atoms with E-state index >= 15 is 0 Å². The van der Waals surface area contributed by atoms with Gasteiger partial charge in [-0.2, -0.15) is 13.7 Å². The van der Waals surface area contributed by atoms with Crippen molar-refractivity contribution in [1.82, 2.24) is 5.32 Å². The molecule has 22 heavy (non-hydrogen) atoms. The van der Waals surface area contributed by atoms with Crippen LogP contribution in [-0.2, 0) is 14.9 Å². The molecule has 0 spiro atoms. The second-order valence-corrected chi connectivity index (χ2v) is 5.85. The summed E-state index contributed by atoms with van der Waals surface area (Å²) in [5, 5.41) is 14.3. The molecule has 0 saturated heterocycles. The van der Waals surface area contributed by atoms with Crippen LogP contribution in [0.5, 0.6) is 0 Å². The van der Waals surface area contributed by atoms with Gasteiger partial charge < -0.3 is 10.6 Å². The molecule has 1 amide bonds. The molecule has 0 aliphatic carbocycles. The Bertz CT molecular complexity index is 688. The van der Waals surface area contributed by atoms with Gasteiger partial charge in [-0.1, -0.05) is 13.3 Å². The van der Waals surface area contributed by atoms with Gasteiger partial charge in [0.2, 0.25) is 0 Å². The largest absolute Gasteiger partial charge is 0.390 e. The monoisotopic (exact) mass is 323 g/mol. The molecule has 1 aromatic carbocycles. The quantitative estimate of drug-likeness (QED) is 0.304. The predicted molar refractivity (Wildman–Crippen MR) is 81.5 cm³/mol. The first-order chi connectivity index (χ1) is 10.4. The van der Waals surface area contributed by atoms with Crippen LogP contribution in [0.2, 0.25) is 0 Å². The molecule has 0 aliphatic rings. The predicted octanol–water partition coefficient (Wildman–Crippen LogP) is 1.67. The van der Waals surface area contributed by atoms with Crippen LogP contribution in [-0.4, -0.2) is 25.4 Å². The van der Waals surface area contributed by atoms with Crippen LogP contribution in [0.3, 0.4) is 0 Å². The molecule has 0 aliphatic heterocycles. The Kier molecular flexibility index (Phi) is 6.56. The molecule has 0 atom stereocenters. The minimum atomic E-state index is -4.27. The average molecular weight is 323 g/mol. The topological polar surface area (TPSA) is 119 Å². The van der Waals surface area contributed by atoms with E-state index in [1.54, 1.807) is 6.07 Å².